The van der Waals surface area contributed by atoms with E-state index < -0.39 is 12.1 Å². The summed E-state index contributed by atoms with van der Waals surface area (Å²) < 4.78 is 0. The van der Waals surface area contributed by atoms with Crippen molar-refractivity contribution in [1.82, 2.24) is 0 Å². The van der Waals surface area contributed by atoms with Gasteiger partial charge in [0.15, 0.2) is 6.10 Å². The van der Waals surface area contributed by atoms with E-state index in [9.17, 15) is 9.90 Å². The summed E-state index contributed by atoms with van der Waals surface area (Å²) >= 11 is 0. The Morgan fingerprint density at radius 2 is 1.93 bits per heavy atom. The average Bonchev–Trinajstić information content (AvgIpc) is 2.16. The Hall–Kier alpha value is -1.35. The lowest BCUT2D eigenvalue weighted by Crippen LogP contribution is -2.13. The minimum absolute atomic E-state index is 0.437. The fourth-order valence-electron chi connectivity index (χ4n) is 1.56. The van der Waals surface area contributed by atoms with Gasteiger partial charge in [-0.3, -0.25) is 0 Å². The predicted octanol–water partition coefficient (Wildman–Crippen LogP) is 2.00. The van der Waals surface area contributed by atoms with Gasteiger partial charge in [0.2, 0.25) is 0 Å². The molecule has 0 bridgehead atoms. The van der Waals surface area contributed by atoms with Crippen molar-refractivity contribution >= 4 is 5.97 Å². The standard InChI is InChI=1S/C12H16O3/c1-8(2)7-9-5-3-4-6-10(9)11(13)12(14)15/h3-6,8,11,13H,7H2,1-2H3,(H,14,15). The zero-order chi connectivity index (χ0) is 11.4. The van der Waals surface area contributed by atoms with Crippen molar-refractivity contribution in [1.29, 1.82) is 0 Å². The molecule has 0 aliphatic rings. The molecular formula is C12H16O3. The summed E-state index contributed by atoms with van der Waals surface area (Å²) in [5.74, 6) is -0.765. The summed E-state index contributed by atoms with van der Waals surface area (Å²) in [6, 6.07) is 7.12. The van der Waals surface area contributed by atoms with Crippen molar-refractivity contribution in [2.24, 2.45) is 5.92 Å². The number of hydrogen-bond donors (Lipinski definition) is 2. The molecule has 0 radical (unpaired) electrons. The van der Waals surface area contributed by atoms with E-state index in [1.54, 1.807) is 12.1 Å². The van der Waals surface area contributed by atoms with Gasteiger partial charge in [0.1, 0.15) is 0 Å². The van der Waals surface area contributed by atoms with E-state index in [-0.39, 0.29) is 0 Å². The first kappa shape index (κ1) is 11.7. The number of aliphatic hydroxyl groups is 1. The van der Waals surface area contributed by atoms with E-state index in [0.29, 0.717) is 11.5 Å². The monoisotopic (exact) mass is 208 g/mol. The largest absolute Gasteiger partial charge is 0.479 e. The first-order chi connectivity index (χ1) is 7.02. The fraction of sp³-hybridized carbons (Fsp3) is 0.417. The van der Waals surface area contributed by atoms with Gasteiger partial charge in [0.25, 0.3) is 0 Å². The van der Waals surface area contributed by atoms with E-state index in [4.69, 9.17) is 5.11 Å². The van der Waals surface area contributed by atoms with E-state index in [0.717, 1.165) is 12.0 Å². The Kier molecular flexibility index (Phi) is 3.86. The maximum absolute atomic E-state index is 10.7. The third-order valence-electron chi connectivity index (χ3n) is 2.21. The molecule has 0 heterocycles. The quantitative estimate of drug-likeness (QED) is 0.795. The van der Waals surface area contributed by atoms with Gasteiger partial charge >= 0.3 is 5.97 Å². The zero-order valence-electron chi connectivity index (χ0n) is 8.97. The summed E-state index contributed by atoms with van der Waals surface area (Å²) in [4.78, 5) is 10.7. The van der Waals surface area contributed by atoms with Gasteiger partial charge < -0.3 is 10.2 Å². The molecule has 1 aromatic carbocycles. The molecule has 0 fully saturated rings. The van der Waals surface area contributed by atoms with Crippen LogP contribution in [0.3, 0.4) is 0 Å². The van der Waals surface area contributed by atoms with Crippen LogP contribution in [0.4, 0.5) is 0 Å². The van der Waals surface area contributed by atoms with Crippen LogP contribution >= 0.6 is 0 Å². The van der Waals surface area contributed by atoms with E-state index in [1.165, 1.54) is 0 Å². The molecule has 3 heteroatoms. The molecule has 0 aliphatic heterocycles. The fourth-order valence-corrected chi connectivity index (χ4v) is 1.56. The van der Waals surface area contributed by atoms with Crippen LogP contribution in [0.25, 0.3) is 0 Å². The molecule has 82 valence electrons. The smallest absolute Gasteiger partial charge is 0.337 e. The number of carboxylic acids is 1. The number of carbonyl (C=O) groups is 1. The molecule has 1 aromatic rings. The second kappa shape index (κ2) is 4.94. The topological polar surface area (TPSA) is 57.5 Å². The molecule has 1 unspecified atom stereocenters. The van der Waals surface area contributed by atoms with E-state index in [1.807, 2.05) is 12.1 Å². The molecular weight excluding hydrogens is 192 g/mol. The summed E-state index contributed by atoms with van der Waals surface area (Å²) in [6.07, 6.45) is -0.638. The van der Waals surface area contributed by atoms with Gasteiger partial charge in [0.05, 0.1) is 0 Å². The Morgan fingerprint density at radius 1 is 1.33 bits per heavy atom. The Labute approximate surface area is 89.4 Å². The number of aliphatic hydroxyl groups excluding tert-OH is 1. The van der Waals surface area contributed by atoms with Crippen molar-refractivity contribution in [2.75, 3.05) is 0 Å². The molecule has 1 rings (SSSR count). The number of rotatable bonds is 4. The number of benzene rings is 1. The van der Waals surface area contributed by atoms with Crippen molar-refractivity contribution in [2.45, 2.75) is 26.4 Å². The van der Waals surface area contributed by atoms with Crippen LogP contribution in [-0.4, -0.2) is 16.2 Å². The van der Waals surface area contributed by atoms with E-state index in [2.05, 4.69) is 13.8 Å². The van der Waals surface area contributed by atoms with Crippen LogP contribution in [0.5, 0.6) is 0 Å². The second-order valence-corrected chi connectivity index (χ2v) is 4.04. The van der Waals surface area contributed by atoms with Crippen LogP contribution in [0.2, 0.25) is 0 Å². The predicted molar refractivity (Wildman–Crippen MR) is 57.6 cm³/mol. The summed E-state index contributed by atoms with van der Waals surface area (Å²) in [6.45, 7) is 4.12. The Balaban J connectivity index is 3.00. The number of hydrogen-bond acceptors (Lipinski definition) is 2. The van der Waals surface area contributed by atoms with Crippen molar-refractivity contribution in [3.05, 3.63) is 35.4 Å². The first-order valence-electron chi connectivity index (χ1n) is 5.01. The maximum Gasteiger partial charge on any atom is 0.337 e. The van der Waals surface area contributed by atoms with Crippen molar-refractivity contribution < 1.29 is 15.0 Å². The van der Waals surface area contributed by atoms with Gasteiger partial charge in [-0.15, -0.1) is 0 Å². The Morgan fingerprint density at radius 3 is 2.47 bits per heavy atom. The van der Waals surface area contributed by atoms with Crippen LogP contribution in [-0.2, 0) is 11.2 Å². The van der Waals surface area contributed by atoms with Gasteiger partial charge in [-0.05, 0) is 23.5 Å². The number of carboxylic acid groups (broad SMARTS) is 1. The molecule has 0 spiro atoms. The molecule has 1 atom stereocenters. The summed E-state index contributed by atoms with van der Waals surface area (Å²) in [5, 5.41) is 18.2. The highest BCUT2D eigenvalue weighted by Crippen LogP contribution is 2.20. The summed E-state index contributed by atoms with van der Waals surface area (Å²) in [7, 11) is 0. The summed E-state index contributed by atoms with van der Waals surface area (Å²) in [5.41, 5.74) is 1.40. The van der Waals surface area contributed by atoms with Gasteiger partial charge in [0, 0.05) is 0 Å². The highest BCUT2D eigenvalue weighted by atomic mass is 16.4. The lowest BCUT2D eigenvalue weighted by molar-refractivity contribution is -0.147. The lowest BCUT2D eigenvalue weighted by atomic mass is 9.95. The van der Waals surface area contributed by atoms with Crippen LogP contribution in [0.15, 0.2) is 24.3 Å². The second-order valence-electron chi connectivity index (χ2n) is 4.04. The minimum atomic E-state index is -1.42. The van der Waals surface area contributed by atoms with Gasteiger partial charge in [-0.25, -0.2) is 4.79 Å². The van der Waals surface area contributed by atoms with Crippen molar-refractivity contribution in [3.8, 4) is 0 Å². The number of aliphatic carboxylic acids is 1. The highest BCUT2D eigenvalue weighted by molar-refractivity contribution is 5.74. The average molecular weight is 208 g/mol. The molecule has 3 nitrogen and oxygen atoms in total. The third-order valence-corrected chi connectivity index (χ3v) is 2.21. The van der Waals surface area contributed by atoms with E-state index >= 15 is 0 Å². The molecule has 0 saturated carbocycles. The molecule has 0 aliphatic carbocycles. The van der Waals surface area contributed by atoms with Crippen LogP contribution in [0.1, 0.15) is 31.1 Å². The van der Waals surface area contributed by atoms with Crippen LogP contribution < -0.4 is 0 Å². The molecule has 0 amide bonds. The minimum Gasteiger partial charge on any atom is -0.479 e. The highest BCUT2D eigenvalue weighted by Gasteiger charge is 2.18. The molecule has 15 heavy (non-hydrogen) atoms. The Bertz CT molecular complexity index is 344. The maximum atomic E-state index is 10.7. The SMILES string of the molecule is CC(C)Cc1ccccc1C(O)C(=O)O. The first-order valence-corrected chi connectivity index (χ1v) is 5.01. The molecule has 0 aromatic heterocycles. The van der Waals surface area contributed by atoms with Crippen molar-refractivity contribution in [3.63, 3.8) is 0 Å². The molecule has 2 N–H and O–H groups in total. The van der Waals surface area contributed by atoms with Crippen LogP contribution in [0, 0.1) is 5.92 Å². The lowest BCUT2D eigenvalue weighted by Gasteiger charge is -2.13. The zero-order valence-corrected chi connectivity index (χ0v) is 8.97. The molecule has 0 saturated heterocycles. The van der Waals surface area contributed by atoms with Gasteiger partial charge in [-0.2, -0.15) is 0 Å². The normalized spacial score (nSPS) is 12.8. The van der Waals surface area contributed by atoms with Gasteiger partial charge in [-0.1, -0.05) is 38.1 Å². The third kappa shape index (κ3) is 3.06.